The Bertz CT molecular complexity index is 372. The molecule has 0 atom stereocenters. The van der Waals surface area contributed by atoms with E-state index in [-0.39, 0.29) is 5.75 Å². The van der Waals surface area contributed by atoms with Crippen LogP contribution in [0.15, 0.2) is 22.7 Å². The van der Waals surface area contributed by atoms with Crippen LogP contribution >= 0.6 is 15.9 Å². The molecule has 2 N–H and O–H groups in total. The number of halogens is 1. The standard InChI is InChI=1S/C10H11BrO3/c1-10(2,9(13)14)6-3-4-7(11)8(12)5-6/h3-5,12H,1-2H3,(H,13,14). The van der Waals surface area contributed by atoms with Gasteiger partial charge in [0.25, 0.3) is 0 Å². The minimum Gasteiger partial charge on any atom is -0.507 e. The average Bonchev–Trinajstić information content (AvgIpc) is 2.09. The van der Waals surface area contributed by atoms with Gasteiger partial charge in [0.05, 0.1) is 9.89 Å². The summed E-state index contributed by atoms with van der Waals surface area (Å²) in [5.74, 6) is -0.865. The number of aliphatic carboxylic acids is 1. The molecule has 0 radical (unpaired) electrons. The number of aromatic hydroxyl groups is 1. The number of carboxylic acid groups (broad SMARTS) is 1. The van der Waals surface area contributed by atoms with Gasteiger partial charge in [-0.05, 0) is 47.5 Å². The van der Waals surface area contributed by atoms with Crippen molar-refractivity contribution in [2.24, 2.45) is 0 Å². The van der Waals surface area contributed by atoms with Crippen molar-refractivity contribution >= 4 is 21.9 Å². The van der Waals surface area contributed by atoms with Crippen LogP contribution in [0.3, 0.4) is 0 Å². The smallest absolute Gasteiger partial charge is 0.313 e. The van der Waals surface area contributed by atoms with Crippen LogP contribution in [0.5, 0.6) is 5.75 Å². The third kappa shape index (κ3) is 1.90. The summed E-state index contributed by atoms with van der Waals surface area (Å²) in [5, 5.41) is 18.4. The van der Waals surface area contributed by atoms with Crippen LogP contribution in [0.4, 0.5) is 0 Å². The summed E-state index contributed by atoms with van der Waals surface area (Å²) >= 11 is 3.14. The maximum atomic E-state index is 10.9. The second-order valence-electron chi connectivity index (χ2n) is 3.60. The van der Waals surface area contributed by atoms with E-state index >= 15 is 0 Å². The number of benzene rings is 1. The first-order chi connectivity index (χ1) is 6.35. The lowest BCUT2D eigenvalue weighted by Crippen LogP contribution is -2.28. The van der Waals surface area contributed by atoms with Crippen LogP contribution < -0.4 is 0 Å². The Kier molecular flexibility index (Phi) is 2.85. The molecule has 0 saturated carbocycles. The number of carbonyl (C=O) groups is 1. The molecule has 1 aromatic carbocycles. The maximum Gasteiger partial charge on any atom is 0.313 e. The fraction of sp³-hybridized carbons (Fsp3) is 0.300. The third-order valence-corrected chi connectivity index (χ3v) is 2.87. The minimum atomic E-state index is -0.988. The highest BCUT2D eigenvalue weighted by Gasteiger charge is 2.29. The zero-order valence-corrected chi connectivity index (χ0v) is 9.50. The molecule has 0 spiro atoms. The Morgan fingerprint density at radius 3 is 2.43 bits per heavy atom. The molecule has 0 aliphatic rings. The van der Waals surface area contributed by atoms with Crippen molar-refractivity contribution in [1.82, 2.24) is 0 Å². The zero-order chi connectivity index (χ0) is 10.9. The first kappa shape index (κ1) is 11.0. The second kappa shape index (κ2) is 3.61. The summed E-state index contributed by atoms with van der Waals surface area (Å²) in [6, 6.07) is 4.77. The molecular weight excluding hydrogens is 248 g/mol. The predicted molar refractivity (Wildman–Crippen MR) is 56.5 cm³/mol. The van der Waals surface area contributed by atoms with Gasteiger partial charge in [-0.2, -0.15) is 0 Å². The minimum absolute atomic E-state index is 0.0526. The molecule has 76 valence electrons. The van der Waals surface area contributed by atoms with E-state index in [0.717, 1.165) is 0 Å². The molecule has 0 aromatic heterocycles. The van der Waals surface area contributed by atoms with Gasteiger partial charge in [0.15, 0.2) is 0 Å². The highest BCUT2D eigenvalue weighted by molar-refractivity contribution is 9.10. The van der Waals surface area contributed by atoms with Crippen LogP contribution in [-0.4, -0.2) is 16.2 Å². The molecule has 14 heavy (non-hydrogen) atoms. The fourth-order valence-corrected chi connectivity index (χ4v) is 1.27. The molecule has 0 unspecified atom stereocenters. The maximum absolute atomic E-state index is 10.9. The van der Waals surface area contributed by atoms with Gasteiger partial charge in [0, 0.05) is 0 Å². The van der Waals surface area contributed by atoms with E-state index in [9.17, 15) is 9.90 Å². The first-order valence-electron chi connectivity index (χ1n) is 4.08. The van der Waals surface area contributed by atoms with E-state index in [1.54, 1.807) is 26.0 Å². The molecule has 0 saturated heterocycles. The number of rotatable bonds is 2. The summed E-state index contributed by atoms with van der Waals surface area (Å²) in [7, 11) is 0. The quantitative estimate of drug-likeness (QED) is 0.857. The van der Waals surface area contributed by atoms with E-state index in [4.69, 9.17) is 5.11 Å². The van der Waals surface area contributed by atoms with Gasteiger partial charge in [-0.1, -0.05) is 6.07 Å². The zero-order valence-electron chi connectivity index (χ0n) is 7.91. The molecule has 3 nitrogen and oxygen atoms in total. The van der Waals surface area contributed by atoms with E-state index in [1.807, 2.05) is 0 Å². The largest absolute Gasteiger partial charge is 0.507 e. The van der Waals surface area contributed by atoms with Crippen LogP contribution in [0.2, 0.25) is 0 Å². The van der Waals surface area contributed by atoms with E-state index < -0.39 is 11.4 Å². The molecule has 0 heterocycles. The highest BCUT2D eigenvalue weighted by atomic mass is 79.9. The molecule has 0 amide bonds. The lowest BCUT2D eigenvalue weighted by atomic mass is 9.85. The van der Waals surface area contributed by atoms with Crippen molar-refractivity contribution in [3.05, 3.63) is 28.2 Å². The Morgan fingerprint density at radius 1 is 1.43 bits per heavy atom. The van der Waals surface area contributed by atoms with Crippen LogP contribution in [0, 0.1) is 0 Å². The second-order valence-corrected chi connectivity index (χ2v) is 4.45. The topological polar surface area (TPSA) is 57.5 Å². The van der Waals surface area contributed by atoms with E-state index in [1.165, 1.54) is 6.07 Å². The molecule has 4 heteroatoms. The molecule has 1 aromatic rings. The molecule has 0 fully saturated rings. The summed E-state index contributed by atoms with van der Waals surface area (Å²) in [5.41, 5.74) is -0.413. The van der Waals surface area contributed by atoms with Gasteiger partial charge in [-0.25, -0.2) is 0 Å². The SMILES string of the molecule is CC(C)(C(=O)O)c1ccc(Br)c(O)c1. The van der Waals surface area contributed by atoms with Crippen LogP contribution in [-0.2, 0) is 10.2 Å². The van der Waals surface area contributed by atoms with Gasteiger partial charge in [-0.15, -0.1) is 0 Å². The van der Waals surface area contributed by atoms with Gasteiger partial charge in [0.1, 0.15) is 5.75 Å². The van der Waals surface area contributed by atoms with Gasteiger partial charge in [-0.3, -0.25) is 4.79 Å². The monoisotopic (exact) mass is 258 g/mol. The normalized spacial score (nSPS) is 11.4. The van der Waals surface area contributed by atoms with E-state index in [0.29, 0.717) is 10.0 Å². The molecule has 1 rings (SSSR count). The van der Waals surface area contributed by atoms with Crippen LogP contribution in [0.25, 0.3) is 0 Å². The van der Waals surface area contributed by atoms with Crippen molar-refractivity contribution in [2.45, 2.75) is 19.3 Å². The number of hydrogen-bond donors (Lipinski definition) is 2. The number of carboxylic acids is 1. The third-order valence-electron chi connectivity index (χ3n) is 2.20. The first-order valence-corrected chi connectivity index (χ1v) is 4.87. The van der Waals surface area contributed by atoms with Crippen molar-refractivity contribution in [2.75, 3.05) is 0 Å². The van der Waals surface area contributed by atoms with Crippen molar-refractivity contribution in [1.29, 1.82) is 0 Å². The Balaban J connectivity index is 3.21. The predicted octanol–water partition coefficient (Wildman–Crippen LogP) is 2.52. The Hall–Kier alpha value is -1.03. The number of phenols is 1. The van der Waals surface area contributed by atoms with E-state index in [2.05, 4.69) is 15.9 Å². The lowest BCUT2D eigenvalue weighted by Gasteiger charge is -2.19. The van der Waals surface area contributed by atoms with Crippen molar-refractivity contribution < 1.29 is 15.0 Å². The van der Waals surface area contributed by atoms with Crippen molar-refractivity contribution in [3.63, 3.8) is 0 Å². The Morgan fingerprint density at radius 2 is 2.00 bits per heavy atom. The average molecular weight is 259 g/mol. The highest BCUT2D eigenvalue weighted by Crippen LogP contribution is 2.31. The lowest BCUT2D eigenvalue weighted by molar-refractivity contribution is -0.142. The summed E-state index contributed by atoms with van der Waals surface area (Å²) < 4.78 is 0.558. The molecule has 0 aliphatic heterocycles. The van der Waals surface area contributed by atoms with Gasteiger partial charge >= 0.3 is 5.97 Å². The Labute approximate surface area is 90.5 Å². The van der Waals surface area contributed by atoms with Crippen LogP contribution in [0.1, 0.15) is 19.4 Å². The molecular formula is C10H11BrO3. The number of hydrogen-bond acceptors (Lipinski definition) is 2. The van der Waals surface area contributed by atoms with Crippen molar-refractivity contribution in [3.8, 4) is 5.75 Å². The summed E-state index contributed by atoms with van der Waals surface area (Å²) in [6.45, 7) is 3.19. The summed E-state index contributed by atoms with van der Waals surface area (Å²) in [4.78, 5) is 10.9. The van der Waals surface area contributed by atoms with Gasteiger partial charge in [0.2, 0.25) is 0 Å². The summed E-state index contributed by atoms with van der Waals surface area (Å²) in [6.07, 6.45) is 0. The fourth-order valence-electron chi connectivity index (χ4n) is 1.02. The van der Waals surface area contributed by atoms with Gasteiger partial charge < -0.3 is 10.2 Å². The molecule has 0 bridgehead atoms. The molecule has 0 aliphatic carbocycles. The number of phenolic OH excluding ortho intramolecular Hbond substituents is 1.